The fraction of sp³-hybridized carbons (Fsp3) is 0.200. The standard InChI is InChI=1S/C25H25ClN4O2/c1-3-29(4-2)16-18-13-20(15-22(25(18)31)17-7-10-27-11-8-17)28-23-9-12-30(32)24-14-19(26)5-6-21(23)24/h5-15,31-32H,3-4,16H2,1-2H3. The highest BCUT2D eigenvalue weighted by Gasteiger charge is 2.14. The van der Waals surface area contributed by atoms with E-state index >= 15 is 0 Å². The number of halogens is 1. The number of aromatic hydroxyl groups is 1. The van der Waals surface area contributed by atoms with E-state index in [0.29, 0.717) is 33.7 Å². The molecule has 0 spiro atoms. The summed E-state index contributed by atoms with van der Waals surface area (Å²) in [6, 6.07) is 14.6. The number of phenolic OH excluding ortho intramolecular Hbond substituents is 1. The van der Waals surface area contributed by atoms with Crippen molar-refractivity contribution in [3.8, 4) is 16.9 Å². The third-order valence-electron chi connectivity index (χ3n) is 5.56. The molecule has 7 heteroatoms. The SMILES string of the molecule is CCN(CC)Cc1cc(N=c2ccn(O)c3cc(Cl)ccc23)cc(-c2ccncc2)c1O. The van der Waals surface area contributed by atoms with Gasteiger partial charge in [0.2, 0.25) is 0 Å². The molecular weight excluding hydrogens is 424 g/mol. The molecule has 32 heavy (non-hydrogen) atoms. The van der Waals surface area contributed by atoms with E-state index in [0.717, 1.165) is 34.3 Å². The summed E-state index contributed by atoms with van der Waals surface area (Å²) in [4.78, 5) is 11.2. The molecule has 0 atom stereocenters. The van der Waals surface area contributed by atoms with Gasteiger partial charge >= 0.3 is 0 Å². The van der Waals surface area contributed by atoms with Crippen molar-refractivity contribution in [2.45, 2.75) is 20.4 Å². The first kappa shape index (κ1) is 21.9. The first-order valence-electron chi connectivity index (χ1n) is 10.5. The Bertz CT molecular complexity index is 1320. The highest BCUT2D eigenvalue weighted by atomic mass is 35.5. The second-order valence-corrected chi connectivity index (χ2v) is 7.95. The fourth-order valence-corrected chi connectivity index (χ4v) is 3.93. The molecule has 0 aliphatic rings. The Balaban J connectivity index is 1.93. The van der Waals surface area contributed by atoms with E-state index in [1.807, 2.05) is 30.3 Å². The first-order valence-corrected chi connectivity index (χ1v) is 10.9. The largest absolute Gasteiger partial charge is 0.507 e. The van der Waals surface area contributed by atoms with Crippen LogP contribution in [-0.4, -0.2) is 38.0 Å². The van der Waals surface area contributed by atoms with Crippen molar-refractivity contribution in [1.29, 1.82) is 0 Å². The number of benzene rings is 2. The molecule has 0 saturated heterocycles. The Kier molecular flexibility index (Phi) is 6.44. The molecule has 0 radical (unpaired) electrons. The topological polar surface area (TPSA) is 73.9 Å². The monoisotopic (exact) mass is 448 g/mol. The molecule has 0 fully saturated rings. The van der Waals surface area contributed by atoms with E-state index in [4.69, 9.17) is 16.6 Å². The molecule has 0 bridgehead atoms. The zero-order chi connectivity index (χ0) is 22.7. The molecule has 2 aromatic carbocycles. The van der Waals surface area contributed by atoms with E-state index < -0.39 is 0 Å². The highest BCUT2D eigenvalue weighted by Crippen LogP contribution is 2.36. The van der Waals surface area contributed by atoms with Crippen molar-refractivity contribution in [3.63, 3.8) is 0 Å². The number of aromatic nitrogens is 2. The first-order chi connectivity index (χ1) is 15.5. The van der Waals surface area contributed by atoms with E-state index in [9.17, 15) is 10.3 Å². The van der Waals surface area contributed by atoms with Crippen molar-refractivity contribution in [1.82, 2.24) is 14.6 Å². The van der Waals surface area contributed by atoms with Crippen molar-refractivity contribution in [2.75, 3.05) is 13.1 Å². The maximum absolute atomic E-state index is 11.1. The maximum Gasteiger partial charge on any atom is 0.128 e. The minimum Gasteiger partial charge on any atom is -0.507 e. The Morgan fingerprint density at radius 1 is 1.03 bits per heavy atom. The number of hydrogen-bond donors (Lipinski definition) is 2. The van der Waals surface area contributed by atoms with Crippen LogP contribution in [-0.2, 0) is 6.54 Å². The van der Waals surface area contributed by atoms with E-state index in [1.54, 1.807) is 36.8 Å². The third kappa shape index (κ3) is 4.47. The number of nitrogens with zero attached hydrogens (tertiary/aromatic N) is 4. The lowest BCUT2D eigenvalue weighted by molar-refractivity contribution is 0.198. The normalized spacial score (nSPS) is 12.1. The molecule has 2 aromatic heterocycles. The predicted molar refractivity (Wildman–Crippen MR) is 127 cm³/mol. The molecule has 164 valence electrons. The van der Waals surface area contributed by atoms with Gasteiger partial charge in [-0.15, -0.1) is 0 Å². The van der Waals surface area contributed by atoms with Gasteiger partial charge in [0.05, 0.1) is 16.6 Å². The van der Waals surface area contributed by atoms with Crippen LogP contribution in [0.1, 0.15) is 19.4 Å². The van der Waals surface area contributed by atoms with E-state index in [-0.39, 0.29) is 5.75 Å². The Labute approximate surface area is 191 Å². The summed E-state index contributed by atoms with van der Waals surface area (Å²) < 4.78 is 1.03. The molecule has 6 nitrogen and oxygen atoms in total. The Morgan fingerprint density at radius 2 is 1.78 bits per heavy atom. The average Bonchev–Trinajstić information content (AvgIpc) is 2.81. The maximum atomic E-state index is 11.1. The number of fused-ring (bicyclic) bond motifs is 1. The quantitative estimate of drug-likeness (QED) is 0.389. The van der Waals surface area contributed by atoms with E-state index in [1.165, 1.54) is 0 Å². The lowest BCUT2D eigenvalue weighted by Gasteiger charge is -2.20. The Hall–Kier alpha value is -3.35. The van der Waals surface area contributed by atoms with Crippen molar-refractivity contribution in [2.24, 2.45) is 4.99 Å². The molecule has 4 rings (SSSR count). The highest BCUT2D eigenvalue weighted by molar-refractivity contribution is 6.31. The summed E-state index contributed by atoms with van der Waals surface area (Å²) in [5, 5.41) is 23.3. The number of pyridine rings is 2. The lowest BCUT2D eigenvalue weighted by Crippen LogP contribution is -2.22. The zero-order valence-electron chi connectivity index (χ0n) is 18.0. The van der Waals surface area contributed by atoms with Crippen LogP contribution in [0.15, 0.2) is 72.1 Å². The molecular formula is C25H25ClN4O2. The van der Waals surface area contributed by atoms with Gasteiger partial charge in [0, 0.05) is 46.7 Å². The molecule has 0 aliphatic heterocycles. The van der Waals surface area contributed by atoms with Gasteiger partial charge in [-0.05, 0) is 67.2 Å². The zero-order valence-corrected chi connectivity index (χ0v) is 18.8. The average molecular weight is 449 g/mol. The minimum atomic E-state index is 0.250. The number of hydrogen-bond acceptors (Lipinski definition) is 5. The van der Waals surface area contributed by atoms with E-state index in [2.05, 4.69) is 23.7 Å². The molecule has 4 aromatic rings. The lowest BCUT2D eigenvalue weighted by atomic mass is 10.0. The van der Waals surface area contributed by atoms with Gasteiger partial charge in [-0.1, -0.05) is 25.4 Å². The van der Waals surface area contributed by atoms with Gasteiger partial charge in [-0.3, -0.25) is 9.88 Å². The van der Waals surface area contributed by atoms with Crippen LogP contribution >= 0.6 is 11.6 Å². The van der Waals surface area contributed by atoms with Gasteiger partial charge in [0.1, 0.15) is 5.75 Å². The summed E-state index contributed by atoms with van der Waals surface area (Å²) in [6.07, 6.45) is 4.95. The molecule has 2 heterocycles. The van der Waals surface area contributed by atoms with Crippen LogP contribution < -0.4 is 5.36 Å². The molecule has 0 amide bonds. The second-order valence-electron chi connectivity index (χ2n) is 7.52. The summed E-state index contributed by atoms with van der Waals surface area (Å²) in [6.45, 7) is 6.57. The summed E-state index contributed by atoms with van der Waals surface area (Å²) >= 11 is 6.11. The van der Waals surface area contributed by atoms with Crippen LogP contribution in [0.5, 0.6) is 5.75 Å². The smallest absolute Gasteiger partial charge is 0.128 e. The summed E-state index contributed by atoms with van der Waals surface area (Å²) in [7, 11) is 0. The Morgan fingerprint density at radius 3 is 2.50 bits per heavy atom. The van der Waals surface area contributed by atoms with Gasteiger partial charge in [-0.25, -0.2) is 4.99 Å². The molecule has 0 unspecified atom stereocenters. The van der Waals surface area contributed by atoms with Crippen LogP contribution in [0, 0.1) is 0 Å². The third-order valence-corrected chi connectivity index (χ3v) is 5.79. The summed E-state index contributed by atoms with van der Waals surface area (Å²) in [5.41, 5.74) is 3.66. The van der Waals surface area contributed by atoms with Crippen LogP contribution in [0.25, 0.3) is 22.0 Å². The summed E-state index contributed by atoms with van der Waals surface area (Å²) in [5.74, 6) is 0.250. The van der Waals surface area contributed by atoms with Crippen molar-refractivity contribution in [3.05, 3.63) is 83.1 Å². The van der Waals surface area contributed by atoms with Gasteiger partial charge in [0.25, 0.3) is 0 Å². The van der Waals surface area contributed by atoms with Gasteiger partial charge < -0.3 is 10.3 Å². The van der Waals surface area contributed by atoms with Crippen LogP contribution in [0.4, 0.5) is 5.69 Å². The van der Waals surface area contributed by atoms with Gasteiger partial charge in [-0.2, -0.15) is 4.73 Å². The number of rotatable bonds is 6. The fourth-order valence-electron chi connectivity index (χ4n) is 3.76. The molecule has 0 saturated carbocycles. The van der Waals surface area contributed by atoms with Gasteiger partial charge in [0.15, 0.2) is 0 Å². The molecule has 2 N–H and O–H groups in total. The van der Waals surface area contributed by atoms with Crippen molar-refractivity contribution >= 4 is 28.2 Å². The molecule has 0 aliphatic carbocycles. The second kappa shape index (κ2) is 9.42. The van der Waals surface area contributed by atoms with Crippen LogP contribution in [0.2, 0.25) is 5.02 Å². The minimum absolute atomic E-state index is 0.250. The number of phenols is 1. The van der Waals surface area contributed by atoms with Crippen molar-refractivity contribution < 1.29 is 10.3 Å². The predicted octanol–water partition coefficient (Wildman–Crippen LogP) is 5.37. The van der Waals surface area contributed by atoms with Crippen LogP contribution in [0.3, 0.4) is 0 Å².